The first-order valence-electron chi connectivity index (χ1n) is 9.71. The van der Waals surface area contributed by atoms with Crippen molar-refractivity contribution in [1.29, 1.82) is 0 Å². The predicted octanol–water partition coefficient (Wildman–Crippen LogP) is 2.70. The molecule has 0 radical (unpaired) electrons. The van der Waals surface area contributed by atoms with E-state index in [-0.39, 0.29) is 23.4 Å². The number of carbonyl (C=O) groups is 2. The van der Waals surface area contributed by atoms with Gasteiger partial charge in [-0.1, -0.05) is 26.0 Å². The van der Waals surface area contributed by atoms with Crippen LogP contribution in [0.15, 0.2) is 24.3 Å². The van der Waals surface area contributed by atoms with Crippen LogP contribution < -0.4 is 5.32 Å². The molecule has 1 saturated heterocycles. The van der Waals surface area contributed by atoms with E-state index < -0.39 is 0 Å². The molecule has 1 aromatic carbocycles. The highest BCUT2D eigenvalue weighted by Gasteiger charge is 2.29. The van der Waals surface area contributed by atoms with Crippen LogP contribution in [0.2, 0.25) is 0 Å². The van der Waals surface area contributed by atoms with Crippen LogP contribution in [0.5, 0.6) is 0 Å². The SMILES string of the molecule is CCc1ccc(C(=O)N2CCN(C(C)C(=O)NC(C)(C)CC)CC2)cc1. The average molecular weight is 360 g/mol. The molecule has 2 amide bonds. The molecule has 0 aliphatic carbocycles. The molecule has 0 spiro atoms. The monoisotopic (exact) mass is 359 g/mol. The molecule has 1 fully saturated rings. The number of rotatable bonds is 6. The van der Waals surface area contributed by atoms with Gasteiger partial charge in [-0.3, -0.25) is 14.5 Å². The average Bonchev–Trinajstić information content (AvgIpc) is 2.66. The molecular formula is C21H33N3O2. The van der Waals surface area contributed by atoms with Gasteiger partial charge in [-0.2, -0.15) is 0 Å². The summed E-state index contributed by atoms with van der Waals surface area (Å²) >= 11 is 0. The van der Waals surface area contributed by atoms with Crippen molar-refractivity contribution in [3.05, 3.63) is 35.4 Å². The summed E-state index contributed by atoms with van der Waals surface area (Å²) < 4.78 is 0. The largest absolute Gasteiger partial charge is 0.350 e. The fraction of sp³-hybridized carbons (Fsp3) is 0.619. The zero-order chi connectivity index (χ0) is 19.3. The van der Waals surface area contributed by atoms with Gasteiger partial charge in [0.1, 0.15) is 0 Å². The minimum absolute atomic E-state index is 0.0618. The first-order chi connectivity index (χ1) is 12.3. The normalized spacial score (nSPS) is 17.0. The molecule has 1 heterocycles. The summed E-state index contributed by atoms with van der Waals surface area (Å²) in [6.45, 7) is 13.0. The highest BCUT2D eigenvalue weighted by atomic mass is 16.2. The van der Waals surface area contributed by atoms with E-state index in [2.05, 4.69) is 24.1 Å². The Labute approximate surface area is 157 Å². The first kappa shape index (κ1) is 20.4. The second-order valence-electron chi connectivity index (χ2n) is 7.78. The van der Waals surface area contributed by atoms with Crippen molar-refractivity contribution in [2.75, 3.05) is 26.2 Å². The molecule has 26 heavy (non-hydrogen) atoms. The van der Waals surface area contributed by atoms with Crippen LogP contribution in [0.3, 0.4) is 0 Å². The molecule has 0 saturated carbocycles. The van der Waals surface area contributed by atoms with Crippen LogP contribution in [0.4, 0.5) is 0 Å². The minimum Gasteiger partial charge on any atom is -0.350 e. The molecule has 1 unspecified atom stereocenters. The zero-order valence-corrected chi connectivity index (χ0v) is 16.8. The zero-order valence-electron chi connectivity index (χ0n) is 16.8. The smallest absolute Gasteiger partial charge is 0.253 e. The Morgan fingerprint density at radius 3 is 2.15 bits per heavy atom. The second-order valence-corrected chi connectivity index (χ2v) is 7.78. The summed E-state index contributed by atoms with van der Waals surface area (Å²) in [5.74, 6) is 0.142. The number of nitrogens with one attached hydrogen (secondary N) is 1. The van der Waals surface area contributed by atoms with E-state index in [9.17, 15) is 9.59 Å². The van der Waals surface area contributed by atoms with Crippen LogP contribution in [0.25, 0.3) is 0 Å². The van der Waals surface area contributed by atoms with Gasteiger partial charge in [0.25, 0.3) is 5.91 Å². The topological polar surface area (TPSA) is 52.7 Å². The van der Waals surface area contributed by atoms with Crippen molar-refractivity contribution in [2.45, 2.75) is 59.0 Å². The Hall–Kier alpha value is -1.88. The van der Waals surface area contributed by atoms with Crippen molar-refractivity contribution in [3.8, 4) is 0 Å². The Balaban J connectivity index is 1.89. The van der Waals surface area contributed by atoms with Gasteiger partial charge in [0.2, 0.25) is 5.91 Å². The maximum atomic E-state index is 12.7. The standard InChI is InChI=1S/C21H33N3O2/c1-6-17-8-10-18(11-9-17)20(26)24-14-12-23(13-15-24)16(3)19(25)22-21(4,5)7-2/h8-11,16H,6-7,12-15H2,1-5H3,(H,22,25). The Morgan fingerprint density at radius 2 is 1.65 bits per heavy atom. The molecular weight excluding hydrogens is 326 g/mol. The highest BCUT2D eigenvalue weighted by molar-refractivity contribution is 5.94. The van der Waals surface area contributed by atoms with E-state index >= 15 is 0 Å². The van der Waals surface area contributed by atoms with Gasteiger partial charge in [0.05, 0.1) is 6.04 Å². The van der Waals surface area contributed by atoms with E-state index in [0.717, 1.165) is 31.5 Å². The molecule has 0 bridgehead atoms. The van der Waals surface area contributed by atoms with Gasteiger partial charge in [-0.05, 0) is 51.3 Å². The van der Waals surface area contributed by atoms with E-state index in [1.54, 1.807) is 0 Å². The van der Waals surface area contributed by atoms with Crippen molar-refractivity contribution in [3.63, 3.8) is 0 Å². The number of hydrogen-bond donors (Lipinski definition) is 1. The summed E-state index contributed by atoms with van der Waals surface area (Å²) in [4.78, 5) is 29.2. The highest BCUT2D eigenvalue weighted by Crippen LogP contribution is 2.14. The number of carbonyl (C=O) groups excluding carboxylic acids is 2. The fourth-order valence-corrected chi connectivity index (χ4v) is 3.07. The van der Waals surface area contributed by atoms with Crippen LogP contribution in [0, 0.1) is 0 Å². The minimum atomic E-state index is -0.187. The lowest BCUT2D eigenvalue weighted by molar-refractivity contribution is -0.128. The van der Waals surface area contributed by atoms with Gasteiger partial charge in [0, 0.05) is 37.3 Å². The summed E-state index contributed by atoms with van der Waals surface area (Å²) in [5, 5.41) is 3.11. The lowest BCUT2D eigenvalue weighted by atomic mass is 10.0. The molecule has 2 rings (SSSR count). The van der Waals surface area contributed by atoms with Crippen LogP contribution in [-0.2, 0) is 11.2 Å². The summed E-state index contributed by atoms with van der Waals surface area (Å²) in [6, 6.07) is 7.69. The third-order valence-corrected chi connectivity index (χ3v) is 5.48. The molecule has 144 valence electrons. The molecule has 5 heteroatoms. The van der Waals surface area contributed by atoms with Gasteiger partial charge < -0.3 is 10.2 Å². The van der Waals surface area contributed by atoms with Crippen LogP contribution in [-0.4, -0.2) is 59.4 Å². The van der Waals surface area contributed by atoms with Crippen molar-refractivity contribution in [2.24, 2.45) is 0 Å². The van der Waals surface area contributed by atoms with E-state index in [1.165, 1.54) is 5.56 Å². The van der Waals surface area contributed by atoms with Crippen LogP contribution in [0.1, 0.15) is 57.0 Å². The Morgan fingerprint density at radius 1 is 1.08 bits per heavy atom. The van der Waals surface area contributed by atoms with Crippen molar-refractivity contribution < 1.29 is 9.59 Å². The van der Waals surface area contributed by atoms with Gasteiger partial charge in [0.15, 0.2) is 0 Å². The number of piperazine rings is 1. The Kier molecular flexibility index (Phi) is 6.81. The van der Waals surface area contributed by atoms with E-state index in [1.807, 2.05) is 49.9 Å². The number of nitrogens with zero attached hydrogens (tertiary/aromatic N) is 2. The number of aryl methyl sites for hydroxylation is 1. The maximum absolute atomic E-state index is 12.7. The lowest BCUT2D eigenvalue weighted by Gasteiger charge is -2.38. The molecule has 1 atom stereocenters. The molecule has 1 N–H and O–H groups in total. The van der Waals surface area contributed by atoms with Crippen LogP contribution >= 0.6 is 0 Å². The number of hydrogen-bond acceptors (Lipinski definition) is 3. The fourth-order valence-electron chi connectivity index (χ4n) is 3.07. The van der Waals surface area contributed by atoms with Gasteiger partial charge >= 0.3 is 0 Å². The molecule has 5 nitrogen and oxygen atoms in total. The third-order valence-electron chi connectivity index (χ3n) is 5.48. The lowest BCUT2D eigenvalue weighted by Crippen LogP contribution is -2.57. The molecule has 1 aliphatic heterocycles. The summed E-state index contributed by atoms with van der Waals surface area (Å²) in [7, 11) is 0. The van der Waals surface area contributed by atoms with Crippen molar-refractivity contribution in [1.82, 2.24) is 15.1 Å². The summed E-state index contributed by atoms with van der Waals surface area (Å²) in [5.41, 5.74) is 1.79. The molecule has 1 aliphatic rings. The van der Waals surface area contributed by atoms with E-state index in [0.29, 0.717) is 13.1 Å². The first-order valence-corrected chi connectivity index (χ1v) is 9.71. The number of amides is 2. The quantitative estimate of drug-likeness (QED) is 0.850. The van der Waals surface area contributed by atoms with Gasteiger partial charge in [-0.25, -0.2) is 0 Å². The predicted molar refractivity (Wildman–Crippen MR) is 105 cm³/mol. The van der Waals surface area contributed by atoms with E-state index in [4.69, 9.17) is 0 Å². The van der Waals surface area contributed by atoms with Gasteiger partial charge in [-0.15, -0.1) is 0 Å². The molecule has 0 aromatic heterocycles. The third kappa shape index (κ3) is 5.07. The second kappa shape index (κ2) is 8.67. The maximum Gasteiger partial charge on any atom is 0.253 e. The van der Waals surface area contributed by atoms with Crippen molar-refractivity contribution >= 4 is 11.8 Å². The number of benzene rings is 1. The molecule has 1 aromatic rings. The summed E-state index contributed by atoms with van der Waals surface area (Å²) in [6.07, 6.45) is 1.87. The Bertz CT molecular complexity index is 617.